The number of carboxylic acid groups (broad SMARTS) is 1. The van der Waals surface area contributed by atoms with E-state index in [4.69, 9.17) is 15.0 Å². The Morgan fingerprint density at radius 3 is 2.82 bits per heavy atom. The van der Waals surface area contributed by atoms with Gasteiger partial charge in [0.2, 0.25) is 0 Å². The number of fused-ring (bicyclic) bond motifs is 1. The summed E-state index contributed by atoms with van der Waals surface area (Å²) in [5.74, 6) is -1.62. The van der Waals surface area contributed by atoms with Gasteiger partial charge in [0.15, 0.2) is 23.0 Å². The lowest BCUT2D eigenvalue weighted by molar-refractivity contribution is -0.898. The van der Waals surface area contributed by atoms with Crippen molar-refractivity contribution >= 4 is 51.7 Å². The van der Waals surface area contributed by atoms with E-state index in [0.717, 1.165) is 27.7 Å². The molecule has 2 amide bonds. The number of thiazole rings is 1. The maximum atomic E-state index is 13.0. The number of allylic oxidation sites excluding steroid dienone is 1. The number of carbonyl (C=O) groups is 3. The first-order valence-corrected chi connectivity index (χ1v) is 13.4. The summed E-state index contributed by atoms with van der Waals surface area (Å²) in [7, 11) is 5.30. The lowest BCUT2D eigenvalue weighted by Gasteiger charge is -2.50. The van der Waals surface area contributed by atoms with Crippen molar-refractivity contribution < 1.29 is 33.2 Å². The summed E-state index contributed by atoms with van der Waals surface area (Å²) in [6.07, 6.45) is 4.98. The van der Waals surface area contributed by atoms with Gasteiger partial charge in [-0.25, -0.2) is 9.97 Å². The number of aryl methyl sites for hydroxylation is 1. The number of aliphatic carboxylic acids is 1. The van der Waals surface area contributed by atoms with E-state index in [0.29, 0.717) is 28.9 Å². The van der Waals surface area contributed by atoms with Crippen LogP contribution in [-0.2, 0) is 25.8 Å². The van der Waals surface area contributed by atoms with Crippen LogP contribution >= 0.6 is 23.1 Å². The summed E-state index contributed by atoms with van der Waals surface area (Å²) in [6.45, 7) is 3.06. The molecule has 2 aliphatic rings. The number of nitrogens with two attached hydrogens (primary N) is 1. The summed E-state index contributed by atoms with van der Waals surface area (Å²) >= 11 is 2.47. The number of rotatable bonds is 10. The zero-order valence-electron chi connectivity index (χ0n) is 21.2. The third-order valence-corrected chi connectivity index (χ3v) is 7.95. The van der Waals surface area contributed by atoms with E-state index < -0.39 is 29.2 Å². The fraction of sp³-hybridized carbons (Fsp3) is 0.391. The lowest BCUT2D eigenvalue weighted by atomic mass is 10.0. The topological polar surface area (TPSA) is 176 Å². The maximum absolute atomic E-state index is 13.0. The second-order valence-electron chi connectivity index (χ2n) is 9.26. The number of amides is 2. The minimum atomic E-state index is -1.46. The zero-order valence-corrected chi connectivity index (χ0v) is 22.8. The second-order valence-corrected chi connectivity index (χ2v) is 11.3. The van der Waals surface area contributed by atoms with Crippen molar-refractivity contribution in [2.24, 2.45) is 5.16 Å². The van der Waals surface area contributed by atoms with Gasteiger partial charge in [0.1, 0.15) is 30.8 Å². The van der Waals surface area contributed by atoms with Crippen molar-refractivity contribution in [2.45, 2.75) is 24.9 Å². The van der Waals surface area contributed by atoms with E-state index in [-0.39, 0.29) is 22.2 Å². The molecule has 1 fully saturated rings. The number of oxime groups is 1. The van der Waals surface area contributed by atoms with Gasteiger partial charge in [-0.05, 0) is 18.6 Å². The van der Waals surface area contributed by atoms with Crippen LogP contribution in [0.1, 0.15) is 17.1 Å². The number of hydrogen-bond donors (Lipinski definition) is 2. The van der Waals surface area contributed by atoms with Gasteiger partial charge < -0.3 is 34.7 Å². The zero-order chi connectivity index (χ0) is 27.6. The summed E-state index contributed by atoms with van der Waals surface area (Å²) in [5, 5.41) is 19.5. The molecule has 0 aromatic carbocycles. The van der Waals surface area contributed by atoms with Gasteiger partial charge in [-0.15, -0.1) is 23.1 Å². The molecule has 4 rings (SSSR count). The molecule has 0 radical (unpaired) electrons. The second kappa shape index (κ2) is 11.0. The first kappa shape index (κ1) is 27.3. The number of quaternary nitrogens is 1. The molecule has 1 saturated heterocycles. The fourth-order valence-corrected chi connectivity index (χ4v) is 5.94. The first-order chi connectivity index (χ1) is 18.0. The number of nitrogens with one attached hydrogen (secondary N) is 1. The number of hydrogen-bond acceptors (Lipinski definition) is 12. The molecule has 2 aromatic heterocycles. The highest BCUT2D eigenvalue weighted by atomic mass is 32.2. The first-order valence-electron chi connectivity index (χ1n) is 11.4. The Morgan fingerprint density at radius 1 is 1.45 bits per heavy atom. The van der Waals surface area contributed by atoms with Crippen LogP contribution in [0.15, 0.2) is 44.8 Å². The van der Waals surface area contributed by atoms with Crippen LogP contribution in [0.3, 0.4) is 0 Å². The smallest absolute Gasteiger partial charge is 0.276 e. The molecule has 0 saturated carbocycles. The van der Waals surface area contributed by atoms with Crippen molar-refractivity contribution in [1.29, 1.82) is 0 Å². The van der Waals surface area contributed by atoms with Crippen LogP contribution in [0.4, 0.5) is 5.13 Å². The molecule has 0 spiro atoms. The van der Waals surface area contributed by atoms with Gasteiger partial charge in [0.25, 0.3) is 11.8 Å². The summed E-state index contributed by atoms with van der Waals surface area (Å²) < 4.78 is 5.98. The van der Waals surface area contributed by atoms with Gasteiger partial charge >= 0.3 is 0 Å². The molecule has 13 nitrogen and oxygen atoms in total. The predicted octanol–water partition coefficient (Wildman–Crippen LogP) is -0.391. The van der Waals surface area contributed by atoms with Crippen molar-refractivity contribution in [3.8, 4) is 0 Å². The molecule has 2 aliphatic heterocycles. The number of β-lactam (4-membered cyclic amide) rings is 1. The molecule has 0 unspecified atom stereocenters. The number of thioether (sulfide) groups is 1. The van der Waals surface area contributed by atoms with E-state index in [1.807, 2.05) is 27.1 Å². The molecule has 202 valence electrons. The van der Waals surface area contributed by atoms with Gasteiger partial charge in [-0.2, -0.15) is 0 Å². The number of nitrogen functional groups attached to an aromatic ring is 1. The number of anilines is 1. The summed E-state index contributed by atoms with van der Waals surface area (Å²) in [4.78, 5) is 52.0. The minimum Gasteiger partial charge on any atom is -0.543 e. The van der Waals surface area contributed by atoms with Crippen molar-refractivity contribution in [3.63, 3.8) is 0 Å². The SMILES string of the molecule is CO/N=C(\C(=O)N[C@@H]1C(=O)N2C(C(=O)[O-])=C(/C=C/C[N+](C)(C)Cc3ocnc3C)CS[C@H]12)c1csc(N)n1. The van der Waals surface area contributed by atoms with Gasteiger partial charge in [-0.3, -0.25) is 14.5 Å². The van der Waals surface area contributed by atoms with Crippen LogP contribution in [0.2, 0.25) is 0 Å². The molecule has 0 bridgehead atoms. The van der Waals surface area contributed by atoms with E-state index in [1.54, 1.807) is 11.5 Å². The van der Waals surface area contributed by atoms with Gasteiger partial charge in [0, 0.05) is 11.1 Å². The van der Waals surface area contributed by atoms with Crippen LogP contribution in [0.5, 0.6) is 0 Å². The molecular formula is C23H27N7O6S2. The molecule has 38 heavy (non-hydrogen) atoms. The molecule has 2 aromatic rings. The normalized spacial score (nSPS) is 19.9. The maximum Gasteiger partial charge on any atom is 0.276 e. The minimum absolute atomic E-state index is 0.145. The van der Waals surface area contributed by atoms with Crippen LogP contribution in [0.25, 0.3) is 0 Å². The van der Waals surface area contributed by atoms with Crippen molar-refractivity contribution in [1.82, 2.24) is 20.2 Å². The molecule has 0 aliphatic carbocycles. The number of carboxylic acids is 1. The van der Waals surface area contributed by atoms with E-state index in [1.165, 1.54) is 25.3 Å². The molecular weight excluding hydrogens is 534 g/mol. The highest BCUT2D eigenvalue weighted by Crippen LogP contribution is 2.40. The third-order valence-electron chi connectivity index (χ3n) is 5.98. The molecule has 2 atom stereocenters. The average Bonchev–Trinajstić information content (AvgIpc) is 3.47. The van der Waals surface area contributed by atoms with Crippen LogP contribution < -0.4 is 16.2 Å². The van der Waals surface area contributed by atoms with Crippen molar-refractivity contribution in [2.75, 3.05) is 39.2 Å². The van der Waals surface area contributed by atoms with E-state index >= 15 is 0 Å². The number of likely N-dealkylation sites (N-methyl/N-ethyl adjacent to an activating group) is 1. The van der Waals surface area contributed by atoms with Crippen LogP contribution in [0, 0.1) is 6.92 Å². The molecule has 15 heteroatoms. The Balaban J connectivity index is 1.46. The quantitative estimate of drug-likeness (QED) is 0.168. The highest BCUT2D eigenvalue weighted by molar-refractivity contribution is 8.00. The summed E-state index contributed by atoms with van der Waals surface area (Å²) in [6, 6.07) is -0.953. The Morgan fingerprint density at radius 2 is 2.21 bits per heavy atom. The van der Waals surface area contributed by atoms with E-state index in [9.17, 15) is 19.5 Å². The number of oxazole rings is 1. The standard InChI is InChI=1S/C23H27N7O6S2/c1-12-15(36-11-25-12)8-30(2,3)7-5-6-13-9-37-21-17(20(32)29(21)18(13)22(33)34)27-19(31)16(28-35-4)14-10-38-23(24)26-14/h5-6,10-11,17,21H,7-9H2,1-4H3,(H3-,24,26,27,31,33,34)/b6-5+,28-16-/t17-,21-/m1/s1. The molecule has 3 N–H and O–H groups in total. The Labute approximate surface area is 226 Å². The Bertz CT molecular complexity index is 1350. The van der Waals surface area contributed by atoms with Crippen LogP contribution in [-0.4, -0.2) is 87.8 Å². The summed E-state index contributed by atoms with van der Waals surface area (Å²) in [5.41, 5.74) is 6.79. The fourth-order valence-electron chi connectivity index (χ4n) is 4.07. The predicted molar refractivity (Wildman–Crippen MR) is 138 cm³/mol. The Hall–Kier alpha value is -3.69. The van der Waals surface area contributed by atoms with Gasteiger partial charge in [-0.1, -0.05) is 11.2 Å². The third kappa shape index (κ3) is 5.58. The largest absolute Gasteiger partial charge is 0.543 e. The van der Waals surface area contributed by atoms with Crippen molar-refractivity contribution in [3.05, 3.63) is 52.3 Å². The monoisotopic (exact) mass is 561 g/mol. The average molecular weight is 562 g/mol. The van der Waals surface area contributed by atoms with Gasteiger partial charge in [0.05, 0.1) is 38.0 Å². The van der Waals surface area contributed by atoms with E-state index in [2.05, 4.69) is 20.4 Å². The molecule has 4 heterocycles. The lowest BCUT2D eigenvalue weighted by Crippen LogP contribution is -2.71. The number of carbonyl (C=O) groups excluding carboxylic acids is 3. The number of nitrogens with zero attached hydrogens (tertiary/aromatic N) is 5. The number of aromatic nitrogens is 2. The highest BCUT2D eigenvalue weighted by Gasteiger charge is 2.53. The Kier molecular flexibility index (Phi) is 7.89.